The Morgan fingerprint density at radius 2 is 1.71 bits per heavy atom. The van der Waals surface area contributed by atoms with Crippen molar-refractivity contribution in [2.45, 2.75) is 32.0 Å². The molecule has 2 aromatic carbocycles. The first-order valence-electron chi connectivity index (χ1n) is 8.96. The third-order valence-corrected chi connectivity index (χ3v) is 4.88. The standard InChI is InChI=1S/C21H28N2O/c1-17-7-5-6-10-20(17)21(18-8-3-2-4-9-18)24-19-11-14-23(15-12-19)16-13-22/h2-10,19,21H,11-16,22H2,1H3. The molecule has 1 heterocycles. The smallest absolute Gasteiger partial charge is 0.108 e. The number of piperidine rings is 1. The maximum atomic E-state index is 6.61. The van der Waals surface area contributed by atoms with E-state index >= 15 is 0 Å². The Morgan fingerprint density at radius 3 is 2.38 bits per heavy atom. The third kappa shape index (κ3) is 4.23. The Kier molecular flexibility index (Phi) is 6.02. The van der Waals surface area contributed by atoms with Crippen LogP contribution in [-0.4, -0.2) is 37.2 Å². The first-order chi connectivity index (χ1) is 11.8. The summed E-state index contributed by atoms with van der Waals surface area (Å²) < 4.78 is 6.61. The fourth-order valence-corrected chi connectivity index (χ4v) is 3.48. The van der Waals surface area contributed by atoms with Crippen LogP contribution in [0.4, 0.5) is 0 Å². The van der Waals surface area contributed by atoms with Crippen LogP contribution in [0.2, 0.25) is 0 Å². The van der Waals surface area contributed by atoms with Gasteiger partial charge in [0.15, 0.2) is 0 Å². The van der Waals surface area contributed by atoms with Gasteiger partial charge in [-0.1, -0.05) is 54.6 Å². The number of ether oxygens (including phenoxy) is 1. The normalized spacial score (nSPS) is 17.8. The van der Waals surface area contributed by atoms with Crippen LogP contribution in [0.25, 0.3) is 0 Å². The number of nitrogens with zero attached hydrogens (tertiary/aromatic N) is 1. The molecule has 128 valence electrons. The molecule has 0 amide bonds. The van der Waals surface area contributed by atoms with Gasteiger partial charge >= 0.3 is 0 Å². The average Bonchev–Trinajstić information content (AvgIpc) is 2.63. The van der Waals surface area contributed by atoms with E-state index in [1.807, 2.05) is 0 Å². The van der Waals surface area contributed by atoms with Crippen LogP contribution in [0.1, 0.15) is 35.6 Å². The van der Waals surface area contributed by atoms with E-state index in [2.05, 4.69) is 66.4 Å². The van der Waals surface area contributed by atoms with Crippen molar-refractivity contribution in [1.82, 2.24) is 4.90 Å². The van der Waals surface area contributed by atoms with Gasteiger partial charge in [0.05, 0.1) is 6.10 Å². The highest BCUT2D eigenvalue weighted by Crippen LogP contribution is 2.31. The Hall–Kier alpha value is -1.68. The number of nitrogens with two attached hydrogens (primary N) is 1. The molecular formula is C21H28N2O. The second-order valence-electron chi connectivity index (χ2n) is 6.61. The molecule has 0 aromatic heterocycles. The molecule has 2 aromatic rings. The molecule has 0 aliphatic carbocycles. The van der Waals surface area contributed by atoms with Crippen LogP contribution in [0.5, 0.6) is 0 Å². The van der Waals surface area contributed by atoms with Crippen LogP contribution in [0, 0.1) is 6.92 Å². The maximum absolute atomic E-state index is 6.61. The molecule has 0 saturated carbocycles. The predicted molar refractivity (Wildman–Crippen MR) is 99.1 cm³/mol. The topological polar surface area (TPSA) is 38.5 Å². The molecular weight excluding hydrogens is 296 g/mol. The molecule has 0 spiro atoms. The van der Waals surface area contributed by atoms with E-state index in [0.717, 1.165) is 39.0 Å². The van der Waals surface area contributed by atoms with Gasteiger partial charge in [0, 0.05) is 26.2 Å². The van der Waals surface area contributed by atoms with E-state index in [1.165, 1.54) is 16.7 Å². The molecule has 1 unspecified atom stereocenters. The number of benzene rings is 2. The summed E-state index contributed by atoms with van der Waals surface area (Å²) in [7, 11) is 0. The van der Waals surface area contributed by atoms with E-state index < -0.39 is 0 Å². The Morgan fingerprint density at radius 1 is 1.04 bits per heavy atom. The number of hydrogen-bond acceptors (Lipinski definition) is 3. The minimum Gasteiger partial charge on any atom is -0.365 e. The first kappa shape index (κ1) is 17.2. The van der Waals surface area contributed by atoms with Crippen molar-refractivity contribution < 1.29 is 4.74 Å². The van der Waals surface area contributed by atoms with Crippen molar-refractivity contribution in [3.8, 4) is 0 Å². The third-order valence-electron chi connectivity index (χ3n) is 4.88. The molecule has 0 radical (unpaired) electrons. The highest BCUT2D eigenvalue weighted by molar-refractivity contribution is 5.35. The number of aryl methyl sites for hydroxylation is 1. The van der Waals surface area contributed by atoms with Gasteiger partial charge in [0.25, 0.3) is 0 Å². The van der Waals surface area contributed by atoms with Crippen LogP contribution < -0.4 is 5.73 Å². The Labute approximate surface area is 145 Å². The molecule has 0 bridgehead atoms. The minimum absolute atomic E-state index is 0.0125. The maximum Gasteiger partial charge on any atom is 0.108 e. The number of likely N-dealkylation sites (tertiary alicyclic amines) is 1. The van der Waals surface area contributed by atoms with Crippen LogP contribution >= 0.6 is 0 Å². The van der Waals surface area contributed by atoms with Gasteiger partial charge in [-0.3, -0.25) is 0 Å². The first-order valence-corrected chi connectivity index (χ1v) is 8.96. The zero-order valence-corrected chi connectivity index (χ0v) is 14.5. The van der Waals surface area contributed by atoms with Gasteiger partial charge in [-0.15, -0.1) is 0 Å². The van der Waals surface area contributed by atoms with Gasteiger partial charge in [-0.05, 0) is 36.5 Å². The minimum atomic E-state index is 0.0125. The van der Waals surface area contributed by atoms with E-state index in [1.54, 1.807) is 0 Å². The van der Waals surface area contributed by atoms with E-state index in [-0.39, 0.29) is 6.10 Å². The summed E-state index contributed by atoms with van der Waals surface area (Å²) in [5.74, 6) is 0. The fraction of sp³-hybridized carbons (Fsp3) is 0.429. The lowest BCUT2D eigenvalue weighted by Gasteiger charge is -2.34. The summed E-state index contributed by atoms with van der Waals surface area (Å²) in [4.78, 5) is 2.44. The summed E-state index contributed by atoms with van der Waals surface area (Å²) in [5.41, 5.74) is 9.46. The molecule has 1 aliphatic heterocycles. The average molecular weight is 324 g/mol. The summed E-state index contributed by atoms with van der Waals surface area (Å²) >= 11 is 0. The Balaban J connectivity index is 1.76. The van der Waals surface area contributed by atoms with E-state index in [9.17, 15) is 0 Å². The molecule has 3 heteroatoms. The predicted octanol–water partition coefficient (Wildman–Crippen LogP) is 3.52. The molecule has 3 rings (SSSR count). The number of rotatable bonds is 6. The van der Waals surface area contributed by atoms with Gasteiger partial charge < -0.3 is 15.4 Å². The molecule has 24 heavy (non-hydrogen) atoms. The number of hydrogen-bond donors (Lipinski definition) is 1. The largest absolute Gasteiger partial charge is 0.365 e. The van der Waals surface area contributed by atoms with Crippen molar-refractivity contribution in [3.63, 3.8) is 0 Å². The molecule has 1 atom stereocenters. The van der Waals surface area contributed by atoms with Crippen molar-refractivity contribution in [1.29, 1.82) is 0 Å². The summed E-state index contributed by atoms with van der Waals surface area (Å²) in [6, 6.07) is 19.1. The summed E-state index contributed by atoms with van der Waals surface area (Å²) in [5, 5.41) is 0. The van der Waals surface area contributed by atoms with Gasteiger partial charge in [-0.25, -0.2) is 0 Å². The van der Waals surface area contributed by atoms with E-state index in [0.29, 0.717) is 6.10 Å². The van der Waals surface area contributed by atoms with E-state index in [4.69, 9.17) is 10.5 Å². The van der Waals surface area contributed by atoms with Crippen molar-refractivity contribution in [2.24, 2.45) is 5.73 Å². The van der Waals surface area contributed by atoms with Gasteiger partial charge in [0.1, 0.15) is 6.10 Å². The lowest BCUT2D eigenvalue weighted by atomic mass is 9.96. The quantitative estimate of drug-likeness (QED) is 0.883. The summed E-state index contributed by atoms with van der Waals surface area (Å²) in [6.07, 6.45) is 2.48. The highest BCUT2D eigenvalue weighted by Gasteiger charge is 2.25. The second kappa shape index (κ2) is 8.43. The highest BCUT2D eigenvalue weighted by atomic mass is 16.5. The van der Waals surface area contributed by atoms with Gasteiger partial charge in [-0.2, -0.15) is 0 Å². The van der Waals surface area contributed by atoms with Crippen molar-refractivity contribution in [2.75, 3.05) is 26.2 Å². The van der Waals surface area contributed by atoms with Crippen molar-refractivity contribution in [3.05, 3.63) is 71.3 Å². The SMILES string of the molecule is Cc1ccccc1C(OC1CCN(CCN)CC1)c1ccccc1. The van der Waals surface area contributed by atoms with Gasteiger partial charge in [0.2, 0.25) is 0 Å². The molecule has 1 aliphatic rings. The fourth-order valence-electron chi connectivity index (χ4n) is 3.48. The van der Waals surface area contributed by atoms with Crippen LogP contribution in [0.3, 0.4) is 0 Å². The zero-order valence-electron chi connectivity index (χ0n) is 14.5. The monoisotopic (exact) mass is 324 g/mol. The summed E-state index contributed by atoms with van der Waals surface area (Å²) in [6.45, 7) is 6.06. The Bertz CT molecular complexity index is 621. The molecule has 2 N–H and O–H groups in total. The lowest BCUT2D eigenvalue weighted by molar-refractivity contribution is -0.0267. The van der Waals surface area contributed by atoms with Crippen LogP contribution in [0.15, 0.2) is 54.6 Å². The molecule has 1 fully saturated rings. The van der Waals surface area contributed by atoms with Crippen molar-refractivity contribution >= 4 is 0 Å². The lowest BCUT2D eigenvalue weighted by Crippen LogP contribution is -2.40. The second-order valence-corrected chi connectivity index (χ2v) is 6.61. The molecule has 3 nitrogen and oxygen atoms in total. The van der Waals surface area contributed by atoms with Crippen LogP contribution in [-0.2, 0) is 4.74 Å². The molecule has 1 saturated heterocycles. The zero-order chi connectivity index (χ0) is 16.8.